The molecular weight excluding hydrogens is 346 g/mol. The minimum Gasteiger partial charge on any atom is -0.341 e. The maximum absolute atomic E-state index is 12.5. The van der Waals surface area contributed by atoms with Gasteiger partial charge < -0.3 is 14.8 Å². The number of aromatic amines is 1. The fourth-order valence-electron chi connectivity index (χ4n) is 2.61. The molecule has 3 N–H and O–H groups in total. The van der Waals surface area contributed by atoms with E-state index in [4.69, 9.17) is 4.55 Å². The number of hydrogen-bond donors (Lipinski definition) is 3. The topological polar surface area (TPSA) is 119 Å². The van der Waals surface area contributed by atoms with Gasteiger partial charge in [-0.15, -0.1) is 0 Å². The third-order valence-electron chi connectivity index (χ3n) is 3.89. The number of anilines is 1. The Morgan fingerprint density at radius 3 is 2.20 bits per heavy atom. The first-order valence-electron chi connectivity index (χ1n) is 7.60. The average molecular weight is 363 g/mol. The molecule has 2 aromatic rings. The number of benzene rings is 1. The number of carbonyl (C=O) groups excluding carboxylic acids is 2. The normalized spacial score (nSPS) is 15.7. The van der Waals surface area contributed by atoms with E-state index in [0.717, 1.165) is 0 Å². The largest absolute Gasteiger partial charge is 0.341 e. The van der Waals surface area contributed by atoms with Crippen LogP contribution in [0.1, 0.15) is 21.0 Å². The van der Waals surface area contributed by atoms with Crippen molar-refractivity contribution in [3.63, 3.8) is 0 Å². The molecule has 1 unspecified atom stereocenters. The van der Waals surface area contributed by atoms with E-state index in [1.165, 1.54) is 6.20 Å². The maximum Gasteiger partial charge on any atom is 0.289 e. The van der Waals surface area contributed by atoms with Gasteiger partial charge in [0.05, 0.1) is 0 Å². The molecule has 1 aliphatic heterocycles. The van der Waals surface area contributed by atoms with Gasteiger partial charge in [-0.25, -0.2) is 9.19 Å². The molecule has 132 valence electrons. The number of carbonyl (C=O) groups is 2. The second-order valence-electron chi connectivity index (χ2n) is 5.45. The highest BCUT2D eigenvalue weighted by atomic mass is 32.2. The Labute approximate surface area is 146 Å². The zero-order chi connectivity index (χ0) is 17.8. The summed E-state index contributed by atoms with van der Waals surface area (Å²) in [6, 6.07) is 6.33. The van der Waals surface area contributed by atoms with Gasteiger partial charge in [-0.2, -0.15) is 0 Å². The minimum absolute atomic E-state index is 0.137. The average Bonchev–Trinajstić information content (AvgIpc) is 3.15. The summed E-state index contributed by atoms with van der Waals surface area (Å²) < 4.78 is 21.8. The molecule has 1 aromatic carbocycles. The lowest BCUT2D eigenvalue weighted by Gasteiger charge is -2.34. The van der Waals surface area contributed by atoms with E-state index in [2.05, 4.69) is 14.7 Å². The van der Waals surface area contributed by atoms with Crippen LogP contribution < -0.4 is 4.72 Å². The third-order valence-corrected chi connectivity index (χ3v) is 4.30. The predicted molar refractivity (Wildman–Crippen MR) is 91.2 cm³/mol. The number of nitrogens with zero attached hydrogens (tertiary/aromatic N) is 3. The fourth-order valence-corrected chi connectivity index (χ4v) is 2.95. The summed E-state index contributed by atoms with van der Waals surface area (Å²) in [5, 5.41) is 0. The lowest BCUT2D eigenvalue weighted by atomic mass is 10.1. The first-order valence-corrected chi connectivity index (χ1v) is 8.71. The van der Waals surface area contributed by atoms with Crippen molar-refractivity contribution in [2.75, 3.05) is 30.9 Å². The lowest BCUT2D eigenvalue weighted by Crippen LogP contribution is -2.50. The summed E-state index contributed by atoms with van der Waals surface area (Å²) in [6.45, 7) is 1.75. The van der Waals surface area contributed by atoms with Crippen molar-refractivity contribution >= 4 is 28.8 Å². The fraction of sp³-hybridized carbons (Fsp3) is 0.267. The molecule has 1 aliphatic rings. The maximum atomic E-state index is 12.5. The zero-order valence-corrected chi connectivity index (χ0v) is 14.0. The Kier molecular flexibility index (Phi) is 5.10. The second-order valence-corrected chi connectivity index (χ2v) is 6.15. The molecule has 0 saturated carbocycles. The number of hydrogen-bond acceptors (Lipinski definition) is 4. The van der Waals surface area contributed by atoms with Gasteiger partial charge >= 0.3 is 0 Å². The zero-order valence-electron chi connectivity index (χ0n) is 13.2. The molecule has 1 aromatic heterocycles. The molecule has 0 spiro atoms. The number of piperazine rings is 1. The van der Waals surface area contributed by atoms with Crippen LogP contribution >= 0.6 is 0 Å². The van der Waals surface area contributed by atoms with Crippen LogP contribution in [0, 0.1) is 0 Å². The first-order chi connectivity index (χ1) is 12.0. The Hall–Kier alpha value is -2.72. The number of rotatable bonds is 4. The Morgan fingerprint density at radius 2 is 1.68 bits per heavy atom. The van der Waals surface area contributed by atoms with Crippen LogP contribution in [0.2, 0.25) is 0 Å². The van der Waals surface area contributed by atoms with Gasteiger partial charge in [-0.3, -0.25) is 18.9 Å². The van der Waals surface area contributed by atoms with Crippen molar-refractivity contribution in [2.24, 2.45) is 0 Å². The molecule has 0 bridgehead atoms. The van der Waals surface area contributed by atoms with Gasteiger partial charge in [-0.05, 0) is 24.3 Å². The molecule has 10 heteroatoms. The number of amides is 2. The van der Waals surface area contributed by atoms with Crippen LogP contribution in [-0.2, 0) is 11.3 Å². The van der Waals surface area contributed by atoms with E-state index in [0.29, 0.717) is 43.3 Å². The molecule has 1 fully saturated rings. The van der Waals surface area contributed by atoms with E-state index in [-0.39, 0.29) is 11.8 Å². The van der Waals surface area contributed by atoms with E-state index < -0.39 is 11.3 Å². The third kappa shape index (κ3) is 4.03. The number of H-pyrrole nitrogens is 1. The van der Waals surface area contributed by atoms with Gasteiger partial charge in [0.15, 0.2) is 5.82 Å². The minimum atomic E-state index is -2.15. The van der Waals surface area contributed by atoms with Crippen molar-refractivity contribution in [3.05, 3.63) is 48.0 Å². The molecule has 1 atom stereocenters. The summed E-state index contributed by atoms with van der Waals surface area (Å²) in [5.74, 6) is -0.0181. The molecule has 2 heterocycles. The van der Waals surface area contributed by atoms with Gasteiger partial charge in [0.2, 0.25) is 0 Å². The van der Waals surface area contributed by atoms with E-state index in [9.17, 15) is 13.8 Å². The van der Waals surface area contributed by atoms with Crippen molar-refractivity contribution in [3.8, 4) is 0 Å². The molecule has 0 radical (unpaired) electrons. The molecule has 1 saturated heterocycles. The van der Waals surface area contributed by atoms with Crippen LogP contribution in [0.4, 0.5) is 5.69 Å². The van der Waals surface area contributed by atoms with Gasteiger partial charge in [-0.1, -0.05) is 0 Å². The van der Waals surface area contributed by atoms with Gasteiger partial charge in [0.25, 0.3) is 23.1 Å². The number of nitrogens with one attached hydrogen (secondary N) is 2. The van der Waals surface area contributed by atoms with Crippen LogP contribution in [0.25, 0.3) is 0 Å². The summed E-state index contributed by atoms with van der Waals surface area (Å²) >= 11 is -2.15. The van der Waals surface area contributed by atoms with Crippen LogP contribution in [0.5, 0.6) is 0 Å². The highest BCUT2D eigenvalue weighted by Crippen LogP contribution is 2.14. The highest BCUT2D eigenvalue weighted by molar-refractivity contribution is 7.80. The van der Waals surface area contributed by atoms with Crippen LogP contribution in [-0.4, -0.2) is 66.5 Å². The smallest absolute Gasteiger partial charge is 0.289 e. The van der Waals surface area contributed by atoms with Crippen molar-refractivity contribution in [2.45, 2.75) is 0 Å². The monoisotopic (exact) mass is 363 g/mol. The molecule has 9 nitrogen and oxygen atoms in total. The van der Waals surface area contributed by atoms with E-state index >= 15 is 0 Å². The van der Waals surface area contributed by atoms with Crippen molar-refractivity contribution in [1.82, 2.24) is 19.8 Å². The van der Waals surface area contributed by atoms with E-state index in [1.807, 2.05) is 0 Å². The number of aromatic nitrogens is 2. The quantitative estimate of drug-likeness (QED) is 0.686. The summed E-state index contributed by atoms with van der Waals surface area (Å²) in [4.78, 5) is 34.8. The second kappa shape index (κ2) is 7.45. The first kappa shape index (κ1) is 17.1. The molecule has 25 heavy (non-hydrogen) atoms. The Balaban J connectivity index is 1.58. The Morgan fingerprint density at radius 1 is 1.08 bits per heavy atom. The van der Waals surface area contributed by atoms with Crippen LogP contribution in [0.3, 0.4) is 0 Å². The Bertz CT molecular complexity index is 770. The predicted octanol–water partition coefficient (Wildman–Crippen LogP) is 0.556. The molecule has 3 rings (SSSR count). The molecular formula is C15H17N5O4S. The SMILES string of the molecule is O=C(c1ccc(NS(=O)O)cc1)N1CCN(C(=O)c2ncc[nH]2)CC1. The van der Waals surface area contributed by atoms with Crippen molar-refractivity contribution in [1.29, 1.82) is 0 Å². The number of imidazole rings is 1. The lowest BCUT2D eigenvalue weighted by molar-refractivity contribution is 0.0529. The summed E-state index contributed by atoms with van der Waals surface area (Å²) in [7, 11) is 0. The molecule has 2 amide bonds. The standard InChI is InChI=1S/C15H17N5O4S/c21-14(11-1-3-12(4-2-11)18-25(23)24)19-7-9-20(10-8-19)15(22)13-16-5-6-17-13/h1-6,18H,7-10H2,(H,16,17)(H,23,24). The van der Waals surface area contributed by atoms with Crippen LogP contribution in [0.15, 0.2) is 36.7 Å². The van der Waals surface area contributed by atoms with Gasteiger partial charge in [0, 0.05) is 49.8 Å². The van der Waals surface area contributed by atoms with E-state index in [1.54, 1.807) is 40.3 Å². The van der Waals surface area contributed by atoms with Crippen molar-refractivity contribution < 1.29 is 18.4 Å². The summed E-state index contributed by atoms with van der Waals surface area (Å²) in [6.07, 6.45) is 3.12. The molecule has 0 aliphatic carbocycles. The van der Waals surface area contributed by atoms with Gasteiger partial charge in [0.1, 0.15) is 0 Å². The summed E-state index contributed by atoms with van der Waals surface area (Å²) in [5.41, 5.74) is 0.936. The highest BCUT2D eigenvalue weighted by Gasteiger charge is 2.26.